The molecule has 3 nitrogen and oxygen atoms in total. The molecular weight excluding hydrogens is 258 g/mol. The second-order valence-corrected chi connectivity index (χ2v) is 5.85. The molecule has 0 heterocycles. The zero-order chi connectivity index (χ0) is 15.4. The number of benzene rings is 2. The largest absolute Gasteiger partial charge is 0.397 e. The molecule has 0 aliphatic carbocycles. The normalized spacial score (nSPS) is 11.7. The Morgan fingerprint density at radius 2 is 1.48 bits per heavy atom. The number of azo groups is 1. The highest BCUT2D eigenvalue weighted by Crippen LogP contribution is 2.37. The number of nitrogens with two attached hydrogens (primary N) is 1. The van der Waals surface area contributed by atoms with Gasteiger partial charge in [-0.1, -0.05) is 52.0 Å². The van der Waals surface area contributed by atoms with E-state index in [4.69, 9.17) is 5.73 Å². The Morgan fingerprint density at radius 3 is 2.05 bits per heavy atom. The Hall–Kier alpha value is -2.16. The molecule has 2 N–H and O–H groups in total. The van der Waals surface area contributed by atoms with Gasteiger partial charge < -0.3 is 5.73 Å². The molecule has 0 aliphatic rings. The molecule has 0 bridgehead atoms. The average Bonchev–Trinajstić information content (AvgIpc) is 2.46. The smallest absolute Gasteiger partial charge is 0.109 e. The van der Waals surface area contributed by atoms with E-state index in [1.165, 1.54) is 11.1 Å². The van der Waals surface area contributed by atoms with Crippen LogP contribution in [0, 0.1) is 0 Å². The molecule has 0 spiro atoms. The van der Waals surface area contributed by atoms with Crippen molar-refractivity contribution >= 4 is 17.1 Å². The van der Waals surface area contributed by atoms with Crippen LogP contribution < -0.4 is 5.73 Å². The van der Waals surface area contributed by atoms with Gasteiger partial charge in [0.2, 0.25) is 0 Å². The van der Waals surface area contributed by atoms with Gasteiger partial charge in [-0.15, -0.1) is 5.11 Å². The summed E-state index contributed by atoms with van der Waals surface area (Å²) in [6, 6.07) is 13.8. The molecule has 2 aromatic rings. The van der Waals surface area contributed by atoms with Gasteiger partial charge in [-0.05, 0) is 41.2 Å². The van der Waals surface area contributed by atoms with Crippen molar-refractivity contribution in [2.24, 2.45) is 10.2 Å². The van der Waals surface area contributed by atoms with Crippen molar-refractivity contribution in [1.29, 1.82) is 0 Å². The zero-order valence-electron chi connectivity index (χ0n) is 13.2. The highest BCUT2D eigenvalue weighted by Gasteiger charge is 2.15. The Morgan fingerprint density at radius 1 is 0.810 bits per heavy atom. The predicted octanol–water partition coefficient (Wildman–Crippen LogP) is 5.93. The van der Waals surface area contributed by atoms with Gasteiger partial charge in [0.05, 0.1) is 11.4 Å². The van der Waals surface area contributed by atoms with Crippen LogP contribution >= 0.6 is 0 Å². The van der Waals surface area contributed by atoms with Gasteiger partial charge in [-0.25, -0.2) is 0 Å². The van der Waals surface area contributed by atoms with E-state index in [9.17, 15) is 0 Å². The molecule has 0 amide bonds. The maximum Gasteiger partial charge on any atom is 0.109 e. The second kappa shape index (κ2) is 6.53. The SMILES string of the molecule is CC(C)c1ccc(N=Nc2ccccc2)c(N)c1C(C)C. The molecule has 110 valence electrons. The molecule has 0 unspecified atom stereocenters. The van der Waals surface area contributed by atoms with E-state index in [1.54, 1.807) is 0 Å². The summed E-state index contributed by atoms with van der Waals surface area (Å²) in [7, 11) is 0. The molecule has 2 rings (SSSR count). The van der Waals surface area contributed by atoms with E-state index in [0.717, 1.165) is 17.1 Å². The summed E-state index contributed by atoms with van der Waals surface area (Å²) in [5.74, 6) is 0.819. The van der Waals surface area contributed by atoms with Gasteiger partial charge in [0.15, 0.2) is 0 Å². The van der Waals surface area contributed by atoms with Crippen molar-refractivity contribution in [1.82, 2.24) is 0 Å². The zero-order valence-corrected chi connectivity index (χ0v) is 13.2. The first-order chi connectivity index (χ1) is 10.0. The maximum absolute atomic E-state index is 6.33. The molecule has 0 saturated carbocycles. The highest BCUT2D eigenvalue weighted by molar-refractivity contribution is 5.70. The Kier molecular flexibility index (Phi) is 4.73. The van der Waals surface area contributed by atoms with Crippen molar-refractivity contribution in [3.05, 3.63) is 53.6 Å². The summed E-state index contributed by atoms with van der Waals surface area (Å²) in [6.45, 7) is 8.70. The molecule has 0 aromatic heterocycles. The summed E-state index contributed by atoms with van der Waals surface area (Å²) >= 11 is 0. The van der Waals surface area contributed by atoms with Gasteiger partial charge in [-0.3, -0.25) is 0 Å². The minimum Gasteiger partial charge on any atom is -0.397 e. The average molecular weight is 281 g/mol. The number of nitrogens with zero attached hydrogens (tertiary/aromatic N) is 2. The minimum atomic E-state index is 0.370. The van der Waals surface area contributed by atoms with Crippen LogP contribution in [0.4, 0.5) is 17.1 Å². The molecule has 0 atom stereocenters. The van der Waals surface area contributed by atoms with Gasteiger partial charge >= 0.3 is 0 Å². The Labute approximate surface area is 126 Å². The van der Waals surface area contributed by atoms with Gasteiger partial charge in [0, 0.05) is 0 Å². The van der Waals surface area contributed by atoms with E-state index in [-0.39, 0.29) is 0 Å². The fraction of sp³-hybridized carbons (Fsp3) is 0.333. The standard InChI is InChI=1S/C18H23N3/c1-12(2)15-10-11-16(18(19)17(15)13(3)4)21-20-14-8-6-5-7-9-14/h5-13H,19H2,1-4H3. The van der Waals surface area contributed by atoms with E-state index >= 15 is 0 Å². The monoisotopic (exact) mass is 281 g/mol. The summed E-state index contributed by atoms with van der Waals surface area (Å²) in [6.07, 6.45) is 0. The lowest BCUT2D eigenvalue weighted by molar-refractivity contribution is 0.792. The van der Waals surface area contributed by atoms with Gasteiger partial charge in [-0.2, -0.15) is 5.11 Å². The van der Waals surface area contributed by atoms with E-state index in [0.29, 0.717) is 11.8 Å². The van der Waals surface area contributed by atoms with Crippen molar-refractivity contribution in [2.45, 2.75) is 39.5 Å². The maximum atomic E-state index is 6.33. The van der Waals surface area contributed by atoms with Crippen molar-refractivity contribution in [2.75, 3.05) is 5.73 Å². The van der Waals surface area contributed by atoms with Crippen LogP contribution in [0.3, 0.4) is 0 Å². The van der Waals surface area contributed by atoms with Gasteiger partial charge in [0.1, 0.15) is 5.69 Å². The molecule has 0 aliphatic heterocycles. The molecule has 3 heteroatoms. The summed E-state index contributed by atoms with van der Waals surface area (Å²) in [5.41, 5.74) is 11.1. The number of rotatable bonds is 4. The quantitative estimate of drug-likeness (QED) is 0.548. The predicted molar refractivity (Wildman–Crippen MR) is 89.7 cm³/mol. The number of hydrogen-bond acceptors (Lipinski definition) is 3. The molecule has 2 aromatic carbocycles. The van der Waals surface area contributed by atoms with E-state index in [1.807, 2.05) is 36.4 Å². The van der Waals surface area contributed by atoms with Crippen LogP contribution in [0.5, 0.6) is 0 Å². The first-order valence-electron chi connectivity index (χ1n) is 7.39. The van der Waals surface area contributed by atoms with E-state index in [2.05, 4.69) is 44.0 Å². The number of anilines is 1. The van der Waals surface area contributed by atoms with Crippen LogP contribution in [0.15, 0.2) is 52.7 Å². The lowest BCUT2D eigenvalue weighted by Gasteiger charge is -2.19. The Bertz CT molecular complexity index is 628. The topological polar surface area (TPSA) is 50.7 Å². The Balaban J connectivity index is 2.42. The molecule has 0 saturated heterocycles. The highest BCUT2D eigenvalue weighted by atomic mass is 15.1. The first kappa shape index (κ1) is 15.2. The fourth-order valence-corrected chi connectivity index (χ4v) is 2.48. The number of hydrogen-bond donors (Lipinski definition) is 1. The van der Waals surface area contributed by atoms with Crippen LogP contribution in [0.1, 0.15) is 50.7 Å². The van der Waals surface area contributed by atoms with Crippen molar-refractivity contribution in [3.8, 4) is 0 Å². The minimum absolute atomic E-state index is 0.370. The van der Waals surface area contributed by atoms with Crippen LogP contribution in [-0.2, 0) is 0 Å². The molecule has 0 fully saturated rings. The van der Waals surface area contributed by atoms with Gasteiger partial charge in [0.25, 0.3) is 0 Å². The third kappa shape index (κ3) is 3.48. The summed E-state index contributed by atoms with van der Waals surface area (Å²) in [5, 5.41) is 8.58. The summed E-state index contributed by atoms with van der Waals surface area (Å²) < 4.78 is 0. The third-order valence-electron chi connectivity index (χ3n) is 3.53. The molecule has 21 heavy (non-hydrogen) atoms. The van der Waals surface area contributed by atoms with Crippen LogP contribution in [0.25, 0.3) is 0 Å². The van der Waals surface area contributed by atoms with Crippen LogP contribution in [0.2, 0.25) is 0 Å². The summed E-state index contributed by atoms with van der Waals surface area (Å²) in [4.78, 5) is 0. The van der Waals surface area contributed by atoms with Crippen LogP contribution in [-0.4, -0.2) is 0 Å². The molecule has 0 radical (unpaired) electrons. The lowest BCUT2D eigenvalue weighted by Crippen LogP contribution is -2.03. The van der Waals surface area contributed by atoms with Crippen molar-refractivity contribution < 1.29 is 0 Å². The van der Waals surface area contributed by atoms with Crippen molar-refractivity contribution in [3.63, 3.8) is 0 Å². The third-order valence-corrected chi connectivity index (χ3v) is 3.53. The van der Waals surface area contributed by atoms with E-state index < -0.39 is 0 Å². The lowest BCUT2D eigenvalue weighted by atomic mass is 9.89. The molecular formula is C18H23N3. The fourth-order valence-electron chi connectivity index (χ4n) is 2.48. The first-order valence-corrected chi connectivity index (χ1v) is 7.39. The number of nitrogen functional groups attached to an aromatic ring is 1. The second-order valence-electron chi connectivity index (χ2n) is 5.85.